The average molecular weight is 288 g/mol. The molecule has 3 rings (SSSR count). The Morgan fingerprint density at radius 2 is 2.24 bits per heavy atom. The number of amides is 1. The molecule has 0 aromatic carbocycles. The van der Waals surface area contributed by atoms with E-state index in [2.05, 4.69) is 10.1 Å². The van der Waals surface area contributed by atoms with Crippen molar-refractivity contribution in [2.24, 2.45) is 5.92 Å². The van der Waals surface area contributed by atoms with E-state index in [1.165, 1.54) is 6.07 Å². The van der Waals surface area contributed by atoms with E-state index in [0.717, 1.165) is 30.4 Å². The summed E-state index contributed by atoms with van der Waals surface area (Å²) in [6.07, 6.45) is 7.08. The molecule has 6 heteroatoms. The summed E-state index contributed by atoms with van der Waals surface area (Å²) in [7, 11) is 1.77. The number of aryl methyl sites for hydroxylation is 1. The third-order valence-electron chi connectivity index (χ3n) is 3.68. The van der Waals surface area contributed by atoms with Crippen LogP contribution in [0.5, 0.6) is 0 Å². The van der Waals surface area contributed by atoms with Gasteiger partial charge < -0.3 is 4.90 Å². The first kappa shape index (κ1) is 13.7. The molecule has 1 amide bonds. The Morgan fingerprint density at radius 1 is 1.48 bits per heavy atom. The molecule has 2 aromatic rings. The van der Waals surface area contributed by atoms with Crippen molar-refractivity contribution in [1.29, 1.82) is 0 Å². The molecule has 5 nitrogen and oxygen atoms in total. The van der Waals surface area contributed by atoms with Crippen LogP contribution in [0.4, 0.5) is 10.1 Å². The maximum atomic E-state index is 13.3. The van der Waals surface area contributed by atoms with Crippen LogP contribution in [0.2, 0.25) is 0 Å². The van der Waals surface area contributed by atoms with Gasteiger partial charge in [-0.15, -0.1) is 0 Å². The standard InChI is InChI=1S/C15H17FN4O/c1-3-13-14(19(2)15(21)10-4-5-10)9-20(18-13)12-6-11(16)7-17-8-12/h6-10H,3-5H2,1-2H3. The van der Waals surface area contributed by atoms with Crippen LogP contribution >= 0.6 is 0 Å². The van der Waals surface area contributed by atoms with Crippen LogP contribution in [0.25, 0.3) is 5.69 Å². The predicted octanol–water partition coefficient (Wildman–Crippen LogP) is 2.34. The SMILES string of the molecule is CCc1nn(-c2cncc(F)c2)cc1N(C)C(=O)C1CC1. The highest BCUT2D eigenvalue weighted by Crippen LogP contribution is 2.33. The van der Waals surface area contributed by atoms with Crippen molar-refractivity contribution in [3.63, 3.8) is 0 Å². The van der Waals surface area contributed by atoms with Gasteiger partial charge in [-0.05, 0) is 19.3 Å². The van der Waals surface area contributed by atoms with Crippen molar-refractivity contribution in [3.8, 4) is 5.69 Å². The van der Waals surface area contributed by atoms with Crippen molar-refractivity contribution in [2.45, 2.75) is 26.2 Å². The van der Waals surface area contributed by atoms with Gasteiger partial charge in [0.05, 0.1) is 35.7 Å². The predicted molar refractivity (Wildman–Crippen MR) is 76.8 cm³/mol. The number of carbonyl (C=O) groups excluding carboxylic acids is 1. The molecule has 21 heavy (non-hydrogen) atoms. The zero-order valence-corrected chi connectivity index (χ0v) is 12.1. The third-order valence-corrected chi connectivity index (χ3v) is 3.68. The van der Waals surface area contributed by atoms with Crippen LogP contribution < -0.4 is 4.90 Å². The lowest BCUT2D eigenvalue weighted by Gasteiger charge is -2.16. The first-order chi connectivity index (χ1) is 10.1. The van der Waals surface area contributed by atoms with Crippen LogP contribution in [0, 0.1) is 11.7 Å². The number of rotatable bonds is 4. The molecular weight excluding hydrogens is 271 g/mol. The van der Waals surface area contributed by atoms with Gasteiger partial charge in [-0.25, -0.2) is 9.07 Å². The van der Waals surface area contributed by atoms with E-state index < -0.39 is 5.82 Å². The van der Waals surface area contributed by atoms with Gasteiger partial charge in [0.25, 0.3) is 0 Å². The summed E-state index contributed by atoms with van der Waals surface area (Å²) in [5, 5.41) is 4.44. The van der Waals surface area contributed by atoms with Crippen molar-refractivity contribution in [2.75, 3.05) is 11.9 Å². The quantitative estimate of drug-likeness (QED) is 0.867. The summed E-state index contributed by atoms with van der Waals surface area (Å²) >= 11 is 0. The zero-order chi connectivity index (χ0) is 15.0. The first-order valence-electron chi connectivity index (χ1n) is 7.07. The Balaban J connectivity index is 1.96. The topological polar surface area (TPSA) is 51.0 Å². The van der Waals surface area contributed by atoms with Crippen LogP contribution in [0.1, 0.15) is 25.5 Å². The molecule has 0 saturated heterocycles. The Labute approximate surface area is 122 Å². The third kappa shape index (κ3) is 2.66. The van der Waals surface area contributed by atoms with E-state index in [9.17, 15) is 9.18 Å². The molecule has 0 bridgehead atoms. The molecule has 2 heterocycles. The van der Waals surface area contributed by atoms with Gasteiger partial charge in [0.1, 0.15) is 5.82 Å². The van der Waals surface area contributed by atoms with E-state index in [-0.39, 0.29) is 11.8 Å². The number of anilines is 1. The largest absolute Gasteiger partial charge is 0.312 e. The second-order valence-corrected chi connectivity index (χ2v) is 5.29. The molecule has 0 unspecified atom stereocenters. The minimum atomic E-state index is -0.412. The molecule has 110 valence electrons. The molecule has 1 aliphatic rings. The van der Waals surface area contributed by atoms with Crippen LogP contribution in [-0.2, 0) is 11.2 Å². The highest BCUT2D eigenvalue weighted by molar-refractivity contribution is 5.96. The Bertz CT molecular complexity index is 678. The maximum absolute atomic E-state index is 13.3. The molecule has 0 spiro atoms. The van der Waals surface area contributed by atoms with Gasteiger partial charge in [0.15, 0.2) is 0 Å². The minimum Gasteiger partial charge on any atom is -0.312 e. The number of hydrogen-bond acceptors (Lipinski definition) is 3. The molecule has 0 aliphatic heterocycles. The summed E-state index contributed by atoms with van der Waals surface area (Å²) in [5.41, 5.74) is 2.14. The minimum absolute atomic E-state index is 0.126. The van der Waals surface area contributed by atoms with Gasteiger partial charge >= 0.3 is 0 Å². The second-order valence-electron chi connectivity index (χ2n) is 5.29. The molecule has 1 aliphatic carbocycles. The van der Waals surface area contributed by atoms with E-state index in [1.54, 1.807) is 29.0 Å². The molecule has 1 saturated carbocycles. The number of nitrogens with zero attached hydrogens (tertiary/aromatic N) is 4. The Kier molecular flexibility index (Phi) is 3.45. The van der Waals surface area contributed by atoms with Gasteiger partial charge in [-0.2, -0.15) is 5.10 Å². The van der Waals surface area contributed by atoms with Gasteiger partial charge in [-0.3, -0.25) is 9.78 Å². The summed E-state index contributed by atoms with van der Waals surface area (Å²) < 4.78 is 14.8. The zero-order valence-electron chi connectivity index (χ0n) is 12.1. The lowest BCUT2D eigenvalue weighted by molar-refractivity contribution is -0.119. The van der Waals surface area contributed by atoms with E-state index in [4.69, 9.17) is 0 Å². The summed E-state index contributed by atoms with van der Waals surface area (Å²) in [4.78, 5) is 17.7. The number of halogens is 1. The lowest BCUT2D eigenvalue weighted by atomic mass is 10.2. The molecule has 2 aromatic heterocycles. The van der Waals surface area contributed by atoms with Gasteiger partial charge in [0, 0.05) is 19.0 Å². The van der Waals surface area contributed by atoms with Crippen molar-refractivity contribution in [1.82, 2.24) is 14.8 Å². The average Bonchev–Trinajstić information content (AvgIpc) is 3.24. The van der Waals surface area contributed by atoms with Crippen molar-refractivity contribution < 1.29 is 9.18 Å². The Morgan fingerprint density at radius 3 is 2.86 bits per heavy atom. The van der Waals surface area contributed by atoms with Gasteiger partial charge in [0.2, 0.25) is 5.91 Å². The first-order valence-corrected chi connectivity index (χ1v) is 7.07. The molecule has 0 atom stereocenters. The lowest BCUT2D eigenvalue weighted by Crippen LogP contribution is -2.28. The molecule has 0 N–H and O–H groups in total. The van der Waals surface area contributed by atoms with Crippen LogP contribution in [0.3, 0.4) is 0 Å². The van der Waals surface area contributed by atoms with Crippen molar-refractivity contribution >= 4 is 11.6 Å². The van der Waals surface area contributed by atoms with Crippen LogP contribution in [-0.4, -0.2) is 27.7 Å². The van der Waals surface area contributed by atoms with Gasteiger partial charge in [-0.1, -0.05) is 6.92 Å². The van der Waals surface area contributed by atoms with E-state index >= 15 is 0 Å². The van der Waals surface area contributed by atoms with Crippen LogP contribution in [0.15, 0.2) is 24.7 Å². The fourth-order valence-electron chi connectivity index (χ4n) is 2.31. The highest BCUT2D eigenvalue weighted by atomic mass is 19.1. The summed E-state index contributed by atoms with van der Waals surface area (Å²) in [6.45, 7) is 1.98. The van der Waals surface area contributed by atoms with E-state index in [0.29, 0.717) is 12.1 Å². The molecule has 1 fully saturated rings. The number of pyridine rings is 1. The molecular formula is C15H17FN4O. The highest BCUT2D eigenvalue weighted by Gasteiger charge is 2.33. The monoisotopic (exact) mass is 288 g/mol. The molecule has 0 radical (unpaired) electrons. The number of hydrogen-bond donors (Lipinski definition) is 0. The fraction of sp³-hybridized carbons (Fsp3) is 0.400. The smallest absolute Gasteiger partial charge is 0.229 e. The maximum Gasteiger partial charge on any atom is 0.229 e. The summed E-state index contributed by atoms with van der Waals surface area (Å²) in [6, 6.07) is 1.37. The van der Waals surface area contributed by atoms with E-state index in [1.807, 2.05) is 6.92 Å². The van der Waals surface area contributed by atoms with Crippen molar-refractivity contribution in [3.05, 3.63) is 36.2 Å². The number of carbonyl (C=O) groups is 1. The number of aromatic nitrogens is 3. The normalized spacial score (nSPS) is 14.2. The summed E-state index contributed by atoms with van der Waals surface area (Å²) in [5.74, 6) is -0.134. The second kappa shape index (κ2) is 5.27. The fourth-order valence-corrected chi connectivity index (χ4v) is 2.31. The Hall–Kier alpha value is -2.24.